The SMILES string of the molecule is CCC(C)(C)N(C)Cc1cc(C(=O)NN)ccc1F. The highest BCUT2D eigenvalue weighted by atomic mass is 19.1. The van der Waals surface area contributed by atoms with Crippen molar-refractivity contribution >= 4 is 5.91 Å². The maximum atomic E-state index is 13.8. The van der Waals surface area contributed by atoms with E-state index in [0.717, 1.165) is 6.42 Å². The van der Waals surface area contributed by atoms with Gasteiger partial charge in [-0.2, -0.15) is 0 Å². The van der Waals surface area contributed by atoms with Crippen LogP contribution in [-0.2, 0) is 6.54 Å². The van der Waals surface area contributed by atoms with Gasteiger partial charge in [0.1, 0.15) is 5.82 Å². The van der Waals surface area contributed by atoms with Crippen molar-refractivity contribution in [3.63, 3.8) is 0 Å². The van der Waals surface area contributed by atoms with Crippen molar-refractivity contribution in [1.82, 2.24) is 10.3 Å². The number of nitrogens with zero attached hydrogens (tertiary/aromatic N) is 1. The minimum Gasteiger partial charge on any atom is -0.297 e. The lowest BCUT2D eigenvalue weighted by molar-refractivity contribution is 0.0953. The summed E-state index contributed by atoms with van der Waals surface area (Å²) in [6.07, 6.45) is 0.952. The quantitative estimate of drug-likeness (QED) is 0.487. The molecule has 1 amide bonds. The first kappa shape index (κ1) is 15.6. The van der Waals surface area contributed by atoms with E-state index in [2.05, 4.69) is 25.7 Å². The first-order valence-electron chi connectivity index (χ1n) is 6.32. The lowest BCUT2D eigenvalue weighted by atomic mass is 9.98. The number of amides is 1. The van der Waals surface area contributed by atoms with Crippen LogP contribution in [-0.4, -0.2) is 23.4 Å². The molecule has 0 radical (unpaired) electrons. The van der Waals surface area contributed by atoms with Crippen molar-refractivity contribution < 1.29 is 9.18 Å². The zero-order valence-electron chi connectivity index (χ0n) is 12.0. The lowest BCUT2D eigenvalue weighted by Crippen LogP contribution is -2.40. The molecule has 4 nitrogen and oxygen atoms in total. The molecule has 0 heterocycles. The van der Waals surface area contributed by atoms with Crippen LogP contribution in [0.15, 0.2) is 18.2 Å². The molecule has 0 aliphatic heterocycles. The van der Waals surface area contributed by atoms with Crippen LogP contribution in [0.25, 0.3) is 0 Å². The predicted molar refractivity (Wildman–Crippen MR) is 73.9 cm³/mol. The summed E-state index contributed by atoms with van der Waals surface area (Å²) >= 11 is 0. The predicted octanol–water partition coefficient (Wildman–Crippen LogP) is 2.05. The number of nitrogens with two attached hydrogens (primary N) is 1. The van der Waals surface area contributed by atoms with Crippen molar-refractivity contribution in [2.45, 2.75) is 39.3 Å². The summed E-state index contributed by atoms with van der Waals surface area (Å²) in [4.78, 5) is 13.5. The molecule has 0 fully saturated rings. The molecular weight excluding hydrogens is 245 g/mol. The molecular formula is C14H22FN3O. The number of carbonyl (C=O) groups excluding carboxylic acids is 1. The molecule has 1 rings (SSSR count). The van der Waals surface area contributed by atoms with E-state index >= 15 is 0 Å². The number of carbonyl (C=O) groups is 1. The Morgan fingerprint density at radius 2 is 2.11 bits per heavy atom. The fourth-order valence-electron chi connectivity index (χ4n) is 1.66. The molecule has 106 valence electrons. The summed E-state index contributed by atoms with van der Waals surface area (Å²) in [6.45, 7) is 6.73. The van der Waals surface area contributed by atoms with Gasteiger partial charge in [0.15, 0.2) is 0 Å². The molecule has 0 spiro atoms. The maximum absolute atomic E-state index is 13.8. The number of hydrogen-bond acceptors (Lipinski definition) is 3. The number of nitrogens with one attached hydrogen (secondary N) is 1. The second kappa shape index (κ2) is 6.12. The van der Waals surface area contributed by atoms with E-state index in [1.807, 2.05) is 12.5 Å². The number of nitrogen functional groups attached to an aromatic ring is 1. The van der Waals surface area contributed by atoms with Crippen molar-refractivity contribution in [3.05, 3.63) is 35.1 Å². The van der Waals surface area contributed by atoms with Gasteiger partial charge >= 0.3 is 0 Å². The van der Waals surface area contributed by atoms with Gasteiger partial charge < -0.3 is 0 Å². The summed E-state index contributed by atoms with van der Waals surface area (Å²) in [5.41, 5.74) is 2.87. The molecule has 5 heteroatoms. The third kappa shape index (κ3) is 3.75. The molecule has 1 aromatic rings. The second-order valence-corrected chi connectivity index (χ2v) is 5.30. The molecule has 0 saturated carbocycles. The zero-order valence-corrected chi connectivity index (χ0v) is 12.0. The average molecular weight is 267 g/mol. The van der Waals surface area contributed by atoms with E-state index in [-0.39, 0.29) is 11.4 Å². The number of hydrazine groups is 1. The second-order valence-electron chi connectivity index (χ2n) is 5.30. The molecule has 0 saturated heterocycles. The van der Waals surface area contributed by atoms with E-state index in [1.165, 1.54) is 12.1 Å². The van der Waals surface area contributed by atoms with E-state index in [0.29, 0.717) is 17.7 Å². The Labute approximate surface area is 113 Å². The topological polar surface area (TPSA) is 58.4 Å². The first-order valence-corrected chi connectivity index (χ1v) is 6.32. The van der Waals surface area contributed by atoms with Gasteiger partial charge in [-0.15, -0.1) is 0 Å². The molecule has 0 unspecified atom stereocenters. The van der Waals surface area contributed by atoms with Gasteiger partial charge in [-0.05, 0) is 45.5 Å². The molecule has 0 aliphatic rings. The van der Waals surface area contributed by atoms with Crippen LogP contribution in [0.3, 0.4) is 0 Å². The third-order valence-electron chi connectivity index (χ3n) is 3.75. The van der Waals surface area contributed by atoms with Crippen LogP contribution in [0.4, 0.5) is 4.39 Å². The van der Waals surface area contributed by atoms with Crippen molar-refractivity contribution in [1.29, 1.82) is 0 Å². The van der Waals surface area contributed by atoms with Crippen molar-refractivity contribution in [2.75, 3.05) is 7.05 Å². The summed E-state index contributed by atoms with van der Waals surface area (Å²) in [6, 6.07) is 4.26. The Kier molecular flexibility index (Phi) is 5.03. The average Bonchev–Trinajstić information content (AvgIpc) is 2.40. The Morgan fingerprint density at radius 3 is 2.63 bits per heavy atom. The van der Waals surface area contributed by atoms with Crippen LogP contribution in [0.5, 0.6) is 0 Å². The van der Waals surface area contributed by atoms with E-state index < -0.39 is 5.91 Å². The van der Waals surface area contributed by atoms with E-state index in [1.54, 1.807) is 6.07 Å². The van der Waals surface area contributed by atoms with Crippen LogP contribution < -0.4 is 11.3 Å². The molecule has 19 heavy (non-hydrogen) atoms. The minimum absolute atomic E-state index is 0.0292. The zero-order chi connectivity index (χ0) is 14.6. The lowest BCUT2D eigenvalue weighted by Gasteiger charge is -2.35. The standard InChI is InChI=1S/C14H22FN3O/c1-5-14(2,3)18(4)9-11-8-10(13(19)17-16)6-7-12(11)15/h6-8H,5,9,16H2,1-4H3,(H,17,19). The minimum atomic E-state index is -0.418. The Hall–Kier alpha value is -1.46. The molecule has 0 bridgehead atoms. The normalized spacial score (nSPS) is 11.7. The third-order valence-corrected chi connectivity index (χ3v) is 3.75. The number of rotatable bonds is 5. The molecule has 1 aromatic carbocycles. The highest BCUT2D eigenvalue weighted by molar-refractivity contribution is 5.93. The number of benzene rings is 1. The van der Waals surface area contributed by atoms with E-state index in [9.17, 15) is 9.18 Å². The molecule has 0 aliphatic carbocycles. The maximum Gasteiger partial charge on any atom is 0.265 e. The number of hydrogen-bond donors (Lipinski definition) is 2. The van der Waals surface area contributed by atoms with Crippen LogP contribution >= 0.6 is 0 Å². The highest BCUT2D eigenvalue weighted by Gasteiger charge is 2.22. The Balaban J connectivity index is 2.97. The van der Waals surface area contributed by atoms with Gasteiger partial charge in [0.2, 0.25) is 0 Å². The summed E-state index contributed by atoms with van der Waals surface area (Å²) in [5.74, 6) is 4.35. The Bertz CT molecular complexity index is 460. The van der Waals surface area contributed by atoms with Gasteiger partial charge in [0.05, 0.1) is 0 Å². The van der Waals surface area contributed by atoms with Gasteiger partial charge in [0, 0.05) is 23.2 Å². The van der Waals surface area contributed by atoms with Gasteiger partial charge in [-0.25, -0.2) is 10.2 Å². The smallest absolute Gasteiger partial charge is 0.265 e. The van der Waals surface area contributed by atoms with Crippen LogP contribution in [0.1, 0.15) is 43.1 Å². The Morgan fingerprint density at radius 1 is 1.47 bits per heavy atom. The largest absolute Gasteiger partial charge is 0.297 e. The molecule has 3 N–H and O–H groups in total. The van der Waals surface area contributed by atoms with Crippen molar-refractivity contribution in [3.8, 4) is 0 Å². The summed E-state index contributed by atoms with van der Waals surface area (Å²) in [7, 11) is 1.94. The van der Waals surface area contributed by atoms with E-state index in [4.69, 9.17) is 5.84 Å². The summed E-state index contributed by atoms with van der Waals surface area (Å²) < 4.78 is 13.8. The molecule has 0 aromatic heterocycles. The number of halogens is 1. The first-order chi connectivity index (χ1) is 8.81. The monoisotopic (exact) mass is 267 g/mol. The van der Waals surface area contributed by atoms with Crippen LogP contribution in [0.2, 0.25) is 0 Å². The van der Waals surface area contributed by atoms with Crippen molar-refractivity contribution in [2.24, 2.45) is 5.84 Å². The van der Waals surface area contributed by atoms with Gasteiger partial charge in [-0.3, -0.25) is 15.1 Å². The van der Waals surface area contributed by atoms with Gasteiger partial charge in [-0.1, -0.05) is 6.92 Å². The fraction of sp³-hybridized carbons (Fsp3) is 0.500. The molecule has 0 atom stereocenters. The summed E-state index contributed by atoms with van der Waals surface area (Å²) in [5, 5.41) is 0. The fourth-order valence-corrected chi connectivity index (χ4v) is 1.66. The highest BCUT2D eigenvalue weighted by Crippen LogP contribution is 2.21. The van der Waals surface area contributed by atoms with Gasteiger partial charge in [0.25, 0.3) is 5.91 Å². The van der Waals surface area contributed by atoms with Crippen LogP contribution in [0, 0.1) is 5.82 Å².